The molecule has 0 fully saturated rings. The second-order valence-corrected chi connectivity index (χ2v) is 7.37. The standard InChI is InChI=1S/C22H18N4O2/c1-21(2)17-10-12-26(18-9-11-24-14-25-18)20(28)22(17,13-16(23-3)19(21)27)15-7-5-4-6-8-15/h4-11,13-14H,12H2,1-2H3/t22-/m1/s1. The lowest BCUT2D eigenvalue weighted by molar-refractivity contribution is -0.125. The topological polar surface area (TPSA) is 67.5 Å². The van der Waals surface area contributed by atoms with Crippen molar-refractivity contribution >= 4 is 17.5 Å². The molecule has 28 heavy (non-hydrogen) atoms. The molecule has 2 heterocycles. The highest BCUT2D eigenvalue weighted by atomic mass is 16.2. The molecule has 2 aromatic rings. The molecule has 0 spiro atoms. The van der Waals surface area contributed by atoms with Gasteiger partial charge in [0.1, 0.15) is 17.6 Å². The number of Topliss-reactive ketones (excluding diaryl/α,β-unsaturated/α-hetero) is 1. The molecule has 4 rings (SSSR count). The summed E-state index contributed by atoms with van der Waals surface area (Å²) in [6.07, 6.45) is 6.43. The van der Waals surface area contributed by atoms with Gasteiger partial charge in [0.15, 0.2) is 5.78 Å². The van der Waals surface area contributed by atoms with E-state index in [0.717, 1.165) is 5.56 Å². The fraction of sp³-hybridized carbons (Fsp3) is 0.227. The predicted octanol–water partition coefficient (Wildman–Crippen LogP) is 3.10. The minimum Gasteiger partial charge on any atom is -0.307 e. The van der Waals surface area contributed by atoms with Gasteiger partial charge in [-0.25, -0.2) is 14.8 Å². The number of anilines is 1. The number of amides is 1. The largest absolute Gasteiger partial charge is 0.307 e. The van der Waals surface area contributed by atoms with Gasteiger partial charge in [-0.05, 0) is 17.2 Å². The summed E-state index contributed by atoms with van der Waals surface area (Å²) < 4.78 is 0. The van der Waals surface area contributed by atoms with Crippen molar-refractivity contribution in [2.24, 2.45) is 5.41 Å². The predicted molar refractivity (Wildman–Crippen MR) is 104 cm³/mol. The molecule has 0 N–H and O–H groups in total. The molecule has 1 aromatic carbocycles. The Bertz CT molecular complexity index is 1060. The molecule has 1 amide bonds. The van der Waals surface area contributed by atoms with Crippen LogP contribution in [0.4, 0.5) is 5.82 Å². The molecule has 6 heteroatoms. The van der Waals surface area contributed by atoms with Gasteiger partial charge in [-0.3, -0.25) is 9.69 Å². The summed E-state index contributed by atoms with van der Waals surface area (Å²) in [5.74, 6) is -0.00158. The number of carbonyl (C=O) groups excluding carboxylic acids is 2. The lowest BCUT2D eigenvalue weighted by atomic mass is 9.57. The number of carbonyl (C=O) groups is 2. The number of allylic oxidation sites excluding steroid dienone is 1. The third kappa shape index (κ3) is 2.33. The fourth-order valence-electron chi connectivity index (χ4n) is 4.14. The van der Waals surface area contributed by atoms with Crippen molar-refractivity contribution < 1.29 is 9.59 Å². The summed E-state index contributed by atoms with van der Waals surface area (Å²) in [4.78, 5) is 40.0. The van der Waals surface area contributed by atoms with Gasteiger partial charge in [-0.1, -0.05) is 56.3 Å². The summed E-state index contributed by atoms with van der Waals surface area (Å²) in [6, 6.07) is 11.0. The molecule has 1 aromatic heterocycles. The first-order valence-electron chi connectivity index (χ1n) is 8.92. The number of hydrogen-bond donors (Lipinski definition) is 0. The Morgan fingerprint density at radius 1 is 1.14 bits per heavy atom. The van der Waals surface area contributed by atoms with Gasteiger partial charge in [0.05, 0.1) is 6.57 Å². The summed E-state index contributed by atoms with van der Waals surface area (Å²) in [6.45, 7) is 11.4. The highest BCUT2D eigenvalue weighted by molar-refractivity contribution is 6.14. The third-order valence-electron chi connectivity index (χ3n) is 5.50. The SMILES string of the molecule is [C-]#[N+]C1=C[C@]2(c3ccccc3)C(=O)N(c3ccncn3)CC=C2C(C)(C)C1=O. The van der Waals surface area contributed by atoms with E-state index in [0.29, 0.717) is 17.9 Å². The van der Waals surface area contributed by atoms with E-state index < -0.39 is 10.8 Å². The summed E-state index contributed by atoms with van der Waals surface area (Å²) in [5, 5.41) is 0. The first-order valence-corrected chi connectivity index (χ1v) is 8.92. The molecule has 1 aliphatic carbocycles. The average molecular weight is 370 g/mol. The van der Waals surface area contributed by atoms with Crippen molar-refractivity contribution in [1.29, 1.82) is 0 Å². The van der Waals surface area contributed by atoms with Crippen molar-refractivity contribution in [3.05, 3.63) is 89.3 Å². The molecular weight excluding hydrogens is 352 g/mol. The van der Waals surface area contributed by atoms with Crippen LogP contribution in [-0.4, -0.2) is 28.2 Å². The van der Waals surface area contributed by atoms with E-state index in [2.05, 4.69) is 14.8 Å². The van der Waals surface area contributed by atoms with Crippen molar-refractivity contribution in [2.45, 2.75) is 19.3 Å². The van der Waals surface area contributed by atoms with Crippen molar-refractivity contribution in [3.8, 4) is 0 Å². The Kier molecular flexibility index (Phi) is 3.97. The number of rotatable bonds is 2. The van der Waals surface area contributed by atoms with E-state index in [-0.39, 0.29) is 17.4 Å². The number of hydrogen-bond acceptors (Lipinski definition) is 4. The van der Waals surface area contributed by atoms with E-state index >= 15 is 0 Å². The molecule has 1 aliphatic heterocycles. The molecule has 0 bridgehead atoms. The second kappa shape index (κ2) is 6.24. The van der Waals surface area contributed by atoms with Crippen LogP contribution in [0.25, 0.3) is 4.85 Å². The number of aromatic nitrogens is 2. The summed E-state index contributed by atoms with van der Waals surface area (Å²) in [5.41, 5.74) is -0.755. The van der Waals surface area contributed by atoms with Gasteiger partial charge in [-0.2, -0.15) is 0 Å². The maximum atomic E-state index is 13.9. The zero-order valence-electron chi connectivity index (χ0n) is 15.6. The van der Waals surface area contributed by atoms with Crippen LogP contribution >= 0.6 is 0 Å². The highest BCUT2D eigenvalue weighted by Gasteiger charge is 2.56. The highest BCUT2D eigenvalue weighted by Crippen LogP contribution is 2.52. The molecule has 138 valence electrons. The normalized spacial score (nSPS) is 23.4. The lowest BCUT2D eigenvalue weighted by Crippen LogP contribution is -2.57. The maximum absolute atomic E-state index is 13.9. The summed E-state index contributed by atoms with van der Waals surface area (Å²) >= 11 is 0. The lowest BCUT2D eigenvalue weighted by Gasteiger charge is -2.48. The minimum atomic E-state index is -1.22. The zero-order chi connectivity index (χ0) is 19.9. The number of nitrogens with zero attached hydrogens (tertiary/aromatic N) is 4. The van der Waals surface area contributed by atoms with Crippen molar-refractivity contribution in [2.75, 3.05) is 11.4 Å². The molecule has 2 aliphatic rings. The van der Waals surface area contributed by atoms with Gasteiger partial charge >= 0.3 is 0 Å². The van der Waals surface area contributed by atoms with E-state index in [4.69, 9.17) is 6.57 Å². The van der Waals surface area contributed by atoms with Crippen molar-refractivity contribution in [1.82, 2.24) is 9.97 Å². The fourth-order valence-corrected chi connectivity index (χ4v) is 4.14. The second-order valence-electron chi connectivity index (χ2n) is 7.37. The van der Waals surface area contributed by atoms with Crippen LogP contribution in [0.15, 0.2) is 72.3 Å². The van der Waals surface area contributed by atoms with Gasteiger partial charge in [0, 0.05) is 18.2 Å². The van der Waals surface area contributed by atoms with Gasteiger partial charge < -0.3 is 4.79 Å². The Balaban J connectivity index is 2.03. The van der Waals surface area contributed by atoms with Crippen LogP contribution in [0.1, 0.15) is 19.4 Å². The van der Waals surface area contributed by atoms with Crippen LogP contribution in [0.2, 0.25) is 0 Å². The van der Waals surface area contributed by atoms with Gasteiger partial charge in [0.2, 0.25) is 11.6 Å². The van der Waals surface area contributed by atoms with Crippen LogP contribution < -0.4 is 4.90 Å². The maximum Gasteiger partial charge on any atom is 0.245 e. The first-order chi connectivity index (χ1) is 13.4. The minimum absolute atomic E-state index is 0.0103. The molecule has 0 unspecified atom stereocenters. The molecule has 0 saturated heterocycles. The van der Waals surface area contributed by atoms with Crippen LogP contribution in [0.5, 0.6) is 0 Å². The zero-order valence-corrected chi connectivity index (χ0v) is 15.6. The van der Waals surface area contributed by atoms with E-state index in [1.165, 1.54) is 12.4 Å². The quantitative estimate of drug-likeness (QED) is 0.602. The van der Waals surface area contributed by atoms with Crippen LogP contribution in [-0.2, 0) is 15.0 Å². The Morgan fingerprint density at radius 3 is 2.54 bits per heavy atom. The molecular formula is C22H18N4O2. The van der Waals surface area contributed by atoms with Crippen LogP contribution in [0.3, 0.4) is 0 Å². The van der Waals surface area contributed by atoms with E-state index in [1.807, 2.05) is 36.4 Å². The van der Waals surface area contributed by atoms with E-state index in [9.17, 15) is 9.59 Å². The Morgan fingerprint density at radius 2 is 1.89 bits per heavy atom. The third-order valence-corrected chi connectivity index (χ3v) is 5.50. The van der Waals surface area contributed by atoms with E-state index in [1.54, 1.807) is 31.0 Å². The van der Waals surface area contributed by atoms with Crippen LogP contribution in [0, 0.1) is 12.0 Å². The molecule has 6 nitrogen and oxygen atoms in total. The smallest absolute Gasteiger partial charge is 0.245 e. The average Bonchev–Trinajstić information content (AvgIpc) is 2.73. The monoisotopic (exact) mass is 370 g/mol. The number of fused-ring (bicyclic) bond motifs is 1. The van der Waals surface area contributed by atoms with Gasteiger partial charge in [-0.15, -0.1) is 0 Å². The molecule has 1 atom stereocenters. The Hall–Kier alpha value is -3.59. The van der Waals surface area contributed by atoms with Crippen molar-refractivity contribution in [3.63, 3.8) is 0 Å². The number of ketones is 1. The molecule has 0 saturated carbocycles. The number of benzene rings is 1. The summed E-state index contributed by atoms with van der Waals surface area (Å²) in [7, 11) is 0. The Labute approximate surface area is 163 Å². The van der Waals surface area contributed by atoms with Gasteiger partial charge in [0.25, 0.3) is 0 Å². The molecule has 0 radical (unpaired) electrons. The first kappa shape index (κ1) is 17.8.